The quantitative estimate of drug-likeness (QED) is 0.801. The van der Waals surface area contributed by atoms with Gasteiger partial charge >= 0.3 is 5.97 Å². The second-order valence-corrected chi connectivity index (χ2v) is 5.27. The molecule has 7 heteroatoms. The Morgan fingerprint density at radius 3 is 2.43 bits per heavy atom. The molecule has 4 N–H and O–H groups in total. The van der Waals surface area contributed by atoms with E-state index in [9.17, 15) is 9.59 Å². The summed E-state index contributed by atoms with van der Waals surface area (Å²) in [7, 11) is 0. The summed E-state index contributed by atoms with van der Waals surface area (Å²) < 4.78 is 0. The van der Waals surface area contributed by atoms with Gasteiger partial charge in [0.2, 0.25) is 5.91 Å². The minimum Gasteiger partial charge on any atom is -0.477 e. The van der Waals surface area contributed by atoms with Crippen molar-refractivity contribution in [2.45, 2.75) is 16.8 Å². The zero-order chi connectivity index (χ0) is 15.4. The second-order valence-electron chi connectivity index (χ2n) is 4.20. The van der Waals surface area contributed by atoms with Gasteiger partial charge in [0.1, 0.15) is 10.7 Å². The first kappa shape index (κ1) is 14.9. The van der Waals surface area contributed by atoms with E-state index in [-0.39, 0.29) is 11.6 Å². The van der Waals surface area contributed by atoms with Crippen LogP contribution in [0.2, 0.25) is 0 Å². The van der Waals surface area contributed by atoms with Gasteiger partial charge in [-0.2, -0.15) is 0 Å². The molecule has 2 rings (SSSR count). The zero-order valence-corrected chi connectivity index (χ0v) is 12.0. The van der Waals surface area contributed by atoms with E-state index in [1.54, 1.807) is 24.3 Å². The van der Waals surface area contributed by atoms with Gasteiger partial charge in [0, 0.05) is 17.5 Å². The minimum absolute atomic E-state index is 0.0541. The molecule has 0 fully saturated rings. The first-order valence-corrected chi connectivity index (χ1v) is 6.82. The third-order valence-corrected chi connectivity index (χ3v) is 3.53. The molecular weight excluding hydrogens is 290 g/mol. The summed E-state index contributed by atoms with van der Waals surface area (Å²) in [5, 5.41) is 12.0. The van der Waals surface area contributed by atoms with Crippen molar-refractivity contribution in [3.05, 3.63) is 42.1 Å². The monoisotopic (exact) mass is 303 g/mol. The summed E-state index contributed by atoms with van der Waals surface area (Å²) >= 11 is 1.26. The van der Waals surface area contributed by atoms with Crippen molar-refractivity contribution in [2.24, 2.45) is 0 Å². The van der Waals surface area contributed by atoms with E-state index in [2.05, 4.69) is 10.3 Å². The van der Waals surface area contributed by atoms with Crippen LogP contribution >= 0.6 is 11.8 Å². The molecular formula is C14H13N3O3S. The van der Waals surface area contributed by atoms with Gasteiger partial charge in [-0.25, -0.2) is 9.78 Å². The number of anilines is 2. The maximum atomic E-state index is 10.9. The first-order valence-electron chi connectivity index (χ1n) is 6.01. The summed E-state index contributed by atoms with van der Waals surface area (Å²) in [6.07, 6.45) is 0. The molecule has 6 nitrogen and oxygen atoms in total. The van der Waals surface area contributed by atoms with Crippen LogP contribution in [0.5, 0.6) is 0 Å². The molecule has 1 aromatic carbocycles. The van der Waals surface area contributed by atoms with Crippen molar-refractivity contribution in [1.29, 1.82) is 0 Å². The zero-order valence-electron chi connectivity index (χ0n) is 11.2. The molecule has 0 radical (unpaired) electrons. The van der Waals surface area contributed by atoms with Crippen LogP contribution in [-0.2, 0) is 4.79 Å². The van der Waals surface area contributed by atoms with Crippen LogP contribution in [0.1, 0.15) is 17.4 Å². The lowest BCUT2D eigenvalue weighted by atomic mass is 10.3. The van der Waals surface area contributed by atoms with Gasteiger partial charge in [-0.1, -0.05) is 11.8 Å². The number of carboxylic acid groups (broad SMARTS) is 1. The number of pyridine rings is 1. The molecule has 0 aliphatic rings. The number of amides is 1. The Bertz CT molecular complexity index is 686. The summed E-state index contributed by atoms with van der Waals surface area (Å²) in [5.74, 6) is -1.24. The third-order valence-electron chi connectivity index (χ3n) is 2.50. The average Bonchev–Trinajstić information content (AvgIpc) is 2.42. The molecule has 1 heterocycles. The average molecular weight is 303 g/mol. The van der Waals surface area contributed by atoms with Crippen LogP contribution in [0.4, 0.5) is 11.4 Å². The normalized spacial score (nSPS) is 10.1. The fourth-order valence-electron chi connectivity index (χ4n) is 1.57. The van der Waals surface area contributed by atoms with E-state index in [1.165, 1.54) is 30.8 Å². The molecule has 2 aromatic rings. The number of carbonyl (C=O) groups is 2. The van der Waals surface area contributed by atoms with Gasteiger partial charge in [-0.15, -0.1) is 0 Å². The lowest BCUT2D eigenvalue weighted by Crippen LogP contribution is -2.05. The van der Waals surface area contributed by atoms with Crippen LogP contribution in [0.15, 0.2) is 46.3 Å². The Morgan fingerprint density at radius 1 is 1.19 bits per heavy atom. The minimum atomic E-state index is -1.10. The molecule has 0 spiro atoms. The third kappa shape index (κ3) is 3.96. The number of hydrogen-bond donors (Lipinski definition) is 3. The van der Waals surface area contributed by atoms with Crippen LogP contribution in [-0.4, -0.2) is 22.0 Å². The number of aromatic nitrogens is 1. The van der Waals surface area contributed by atoms with Gasteiger partial charge in [-0.05, 0) is 36.4 Å². The molecule has 0 bridgehead atoms. The number of rotatable bonds is 4. The van der Waals surface area contributed by atoms with Gasteiger partial charge in [0.05, 0.1) is 5.69 Å². The van der Waals surface area contributed by atoms with Crippen LogP contribution < -0.4 is 11.1 Å². The van der Waals surface area contributed by atoms with Crippen molar-refractivity contribution in [3.63, 3.8) is 0 Å². The van der Waals surface area contributed by atoms with E-state index >= 15 is 0 Å². The Morgan fingerprint density at radius 2 is 1.86 bits per heavy atom. The number of nitrogens with two attached hydrogens (primary N) is 1. The van der Waals surface area contributed by atoms with E-state index in [4.69, 9.17) is 10.8 Å². The fraction of sp³-hybridized carbons (Fsp3) is 0.0714. The number of hydrogen-bond acceptors (Lipinski definition) is 5. The Kier molecular flexibility index (Phi) is 4.44. The van der Waals surface area contributed by atoms with Crippen molar-refractivity contribution in [3.8, 4) is 0 Å². The number of benzene rings is 1. The van der Waals surface area contributed by atoms with E-state index in [1.807, 2.05) is 0 Å². The number of carbonyl (C=O) groups excluding carboxylic acids is 1. The lowest BCUT2D eigenvalue weighted by Gasteiger charge is -2.07. The van der Waals surface area contributed by atoms with Crippen molar-refractivity contribution < 1.29 is 14.7 Å². The summed E-state index contributed by atoms with van der Waals surface area (Å²) in [6.45, 7) is 1.44. The molecule has 0 atom stereocenters. The van der Waals surface area contributed by atoms with Crippen molar-refractivity contribution in [2.75, 3.05) is 11.1 Å². The highest BCUT2D eigenvalue weighted by Gasteiger charge is 2.10. The van der Waals surface area contributed by atoms with E-state index in [0.29, 0.717) is 16.4 Å². The van der Waals surface area contributed by atoms with Gasteiger partial charge < -0.3 is 16.2 Å². The number of nitrogen functional groups attached to an aromatic ring is 1. The Balaban J connectivity index is 2.19. The van der Waals surface area contributed by atoms with E-state index in [0.717, 1.165) is 4.90 Å². The topological polar surface area (TPSA) is 105 Å². The standard InChI is InChI=1S/C14H13N3O3S/c1-8(18)16-9-2-4-10(5-3-9)21-13-11(15)6-7-12(17-13)14(19)20/h2-7H,15H2,1H3,(H,16,18)(H,19,20). The SMILES string of the molecule is CC(=O)Nc1ccc(Sc2nc(C(=O)O)ccc2N)cc1. The largest absolute Gasteiger partial charge is 0.477 e. The molecule has 0 unspecified atom stereocenters. The van der Waals surface area contributed by atoms with Gasteiger partial charge in [-0.3, -0.25) is 4.79 Å². The van der Waals surface area contributed by atoms with Crippen LogP contribution in [0.25, 0.3) is 0 Å². The highest BCUT2D eigenvalue weighted by atomic mass is 32.2. The molecule has 1 amide bonds. The Labute approximate surface area is 125 Å². The molecule has 108 valence electrons. The van der Waals surface area contributed by atoms with Crippen molar-refractivity contribution >= 4 is 35.0 Å². The lowest BCUT2D eigenvalue weighted by molar-refractivity contribution is -0.114. The predicted molar refractivity (Wildman–Crippen MR) is 80.5 cm³/mol. The molecule has 21 heavy (non-hydrogen) atoms. The molecule has 0 aliphatic carbocycles. The number of nitrogens with one attached hydrogen (secondary N) is 1. The summed E-state index contributed by atoms with van der Waals surface area (Å²) in [6, 6.07) is 9.98. The summed E-state index contributed by atoms with van der Waals surface area (Å²) in [5.41, 5.74) is 6.85. The molecule has 0 aliphatic heterocycles. The highest BCUT2D eigenvalue weighted by Crippen LogP contribution is 2.31. The van der Waals surface area contributed by atoms with Crippen LogP contribution in [0, 0.1) is 0 Å². The maximum absolute atomic E-state index is 10.9. The fourth-order valence-corrected chi connectivity index (χ4v) is 2.40. The first-order chi connectivity index (χ1) is 9.95. The van der Waals surface area contributed by atoms with Gasteiger partial charge in [0.15, 0.2) is 0 Å². The highest BCUT2D eigenvalue weighted by molar-refractivity contribution is 7.99. The maximum Gasteiger partial charge on any atom is 0.354 e. The second kappa shape index (κ2) is 6.27. The molecule has 0 saturated heterocycles. The molecule has 0 saturated carbocycles. The Hall–Kier alpha value is -2.54. The molecule has 1 aromatic heterocycles. The van der Waals surface area contributed by atoms with Gasteiger partial charge in [0.25, 0.3) is 0 Å². The van der Waals surface area contributed by atoms with Crippen LogP contribution in [0.3, 0.4) is 0 Å². The number of carboxylic acids is 1. The smallest absolute Gasteiger partial charge is 0.354 e. The van der Waals surface area contributed by atoms with Crippen molar-refractivity contribution in [1.82, 2.24) is 4.98 Å². The van der Waals surface area contributed by atoms with E-state index < -0.39 is 5.97 Å². The number of aromatic carboxylic acids is 1. The number of nitrogens with zero attached hydrogens (tertiary/aromatic N) is 1. The predicted octanol–water partition coefficient (Wildman–Crippen LogP) is 2.47. The summed E-state index contributed by atoms with van der Waals surface area (Å²) in [4.78, 5) is 26.7.